The molecular formula is C12H19NO3. The van der Waals surface area contributed by atoms with Gasteiger partial charge in [-0.2, -0.15) is 0 Å². The van der Waals surface area contributed by atoms with Crippen LogP contribution in [0, 0.1) is 0 Å². The molecule has 0 radical (unpaired) electrons. The van der Waals surface area contributed by atoms with Gasteiger partial charge in [0.05, 0.1) is 19.3 Å². The van der Waals surface area contributed by atoms with E-state index in [1.165, 1.54) is 0 Å². The summed E-state index contributed by atoms with van der Waals surface area (Å²) in [5, 5.41) is 8.69. The van der Waals surface area contributed by atoms with Crippen molar-refractivity contribution in [3.8, 4) is 11.5 Å². The van der Waals surface area contributed by atoms with Crippen molar-refractivity contribution in [1.29, 1.82) is 0 Å². The highest BCUT2D eigenvalue weighted by atomic mass is 16.5. The maximum absolute atomic E-state index is 8.69. The molecule has 4 heteroatoms. The van der Waals surface area contributed by atoms with E-state index < -0.39 is 0 Å². The van der Waals surface area contributed by atoms with E-state index in [0.29, 0.717) is 13.0 Å². The zero-order valence-electron chi connectivity index (χ0n) is 9.77. The topological polar surface area (TPSA) is 64.7 Å². The smallest absolute Gasteiger partial charge is 0.127 e. The molecule has 0 heterocycles. The van der Waals surface area contributed by atoms with Crippen molar-refractivity contribution < 1.29 is 14.6 Å². The summed E-state index contributed by atoms with van der Waals surface area (Å²) in [5.41, 5.74) is 6.75. The fraction of sp³-hybridized carbons (Fsp3) is 0.500. The average Bonchev–Trinajstić information content (AvgIpc) is 2.28. The van der Waals surface area contributed by atoms with Gasteiger partial charge >= 0.3 is 0 Å². The largest absolute Gasteiger partial charge is 0.496 e. The second-order valence-electron chi connectivity index (χ2n) is 3.59. The van der Waals surface area contributed by atoms with Crippen LogP contribution < -0.4 is 15.2 Å². The summed E-state index contributed by atoms with van der Waals surface area (Å²) in [6, 6.07) is 5.43. The lowest BCUT2D eigenvalue weighted by Gasteiger charge is -2.17. The number of benzene rings is 1. The van der Waals surface area contributed by atoms with Gasteiger partial charge in [-0.05, 0) is 19.1 Å². The highest BCUT2D eigenvalue weighted by Gasteiger charge is 2.13. The molecule has 0 aliphatic carbocycles. The Kier molecular flexibility index (Phi) is 5.08. The Morgan fingerprint density at radius 3 is 2.62 bits per heavy atom. The van der Waals surface area contributed by atoms with E-state index >= 15 is 0 Å². The van der Waals surface area contributed by atoms with Gasteiger partial charge in [0.1, 0.15) is 11.5 Å². The second-order valence-corrected chi connectivity index (χ2v) is 3.59. The van der Waals surface area contributed by atoms with Crippen molar-refractivity contribution in [2.75, 3.05) is 20.3 Å². The minimum Gasteiger partial charge on any atom is -0.496 e. The highest BCUT2D eigenvalue weighted by molar-refractivity contribution is 5.46. The average molecular weight is 225 g/mol. The molecule has 0 aliphatic heterocycles. The van der Waals surface area contributed by atoms with E-state index in [2.05, 4.69) is 0 Å². The monoisotopic (exact) mass is 225 g/mol. The molecule has 1 atom stereocenters. The quantitative estimate of drug-likeness (QED) is 0.720. The molecule has 3 N–H and O–H groups in total. The van der Waals surface area contributed by atoms with Crippen LogP contribution in [-0.4, -0.2) is 25.4 Å². The minimum absolute atomic E-state index is 0.123. The van der Waals surface area contributed by atoms with Gasteiger partial charge in [-0.15, -0.1) is 0 Å². The van der Waals surface area contributed by atoms with Crippen LogP contribution in [0.4, 0.5) is 0 Å². The zero-order chi connectivity index (χ0) is 12.0. The van der Waals surface area contributed by atoms with E-state index in [1.807, 2.05) is 25.1 Å². The van der Waals surface area contributed by atoms with Gasteiger partial charge in [0.25, 0.3) is 0 Å². The van der Waals surface area contributed by atoms with Crippen molar-refractivity contribution in [2.45, 2.75) is 19.4 Å². The molecular weight excluding hydrogens is 206 g/mol. The van der Waals surface area contributed by atoms with Gasteiger partial charge in [-0.25, -0.2) is 0 Å². The van der Waals surface area contributed by atoms with E-state index in [-0.39, 0.29) is 12.6 Å². The van der Waals surface area contributed by atoms with E-state index in [4.69, 9.17) is 20.3 Å². The van der Waals surface area contributed by atoms with Crippen LogP contribution in [0.3, 0.4) is 0 Å². The first kappa shape index (κ1) is 12.8. The molecule has 0 spiro atoms. The number of aliphatic hydroxyl groups is 1. The third kappa shape index (κ3) is 3.12. The van der Waals surface area contributed by atoms with Crippen molar-refractivity contribution in [1.82, 2.24) is 0 Å². The van der Waals surface area contributed by atoms with E-state index in [0.717, 1.165) is 17.1 Å². The molecule has 1 rings (SSSR count). The lowest BCUT2D eigenvalue weighted by Crippen LogP contribution is -2.10. The van der Waals surface area contributed by atoms with Gasteiger partial charge < -0.3 is 20.3 Å². The SMILES string of the molecule is COc1cccc(OCCCO)c1[C@H](C)N. The first-order valence-electron chi connectivity index (χ1n) is 5.36. The van der Waals surface area contributed by atoms with Crippen molar-refractivity contribution >= 4 is 0 Å². The van der Waals surface area contributed by atoms with Gasteiger partial charge in [0.2, 0.25) is 0 Å². The Morgan fingerprint density at radius 2 is 2.06 bits per heavy atom. The van der Waals surface area contributed by atoms with Gasteiger partial charge in [-0.3, -0.25) is 0 Å². The molecule has 16 heavy (non-hydrogen) atoms. The number of nitrogens with two attached hydrogens (primary N) is 1. The molecule has 0 amide bonds. The molecule has 0 unspecified atom stereocenters. The molecule has 1 aromatic carbocycles. The fourth-order valence-corrected chi connectivity index (χ4v) is 1.52. The molecule has 4 nitrogen and oxygen atoms in total. The number of rotatable bonds is 6. The number of ether oxygens (including phenoxy) is 2. The summed E-state index contributed by atoms with van der Waals surface area (Å²) in [6.07, 6.45) is 0.607. The lowest BCUT2D eigenvalue weighted by molar-refractivity contribution is 0.231. The van der Waals surface area contributed by atoms with Crippen molar-refractivity contribution in [3.63, 3.8) is 0 Å². The highest BCUT2D eigenvalue weighted by Crippen LogP contribution is 2.32. The first-order chi connectivity index (χ1) is 7.70. The van der Waals surface area contributed by atoms with Gasteiger partial charge in [0.15, 0.2) is 0 Å². The van der Waals surface area contributed by atoms with Crippen LogP contribution in [-0.2, 0) is 0 Å². The van der Waals surface area contributed by atoms with Crippen LogP contribution in [0.5, 0.6) is 11.5 Å². The summed E-state index contributed by atoms with van der Waals surface area (Å²) < 4.78 is 10.8. The Balaban J connectivity index is 2.89. The molecule has 0 bridgehead atoms. The van der Waals surface area contributed by atoms with Crippen molar-refractivity contribution in [2.24, 2.45) is 5.73 Å². The molecule has 0 aromatic heterocycles. The van der Waals surface area contributed by atoms with E-state index in [9.17, 15) is 0 Å². The maximum atomic E-state index is 8.69. The molecule has 0 saturated carbocycles. The van der Waals surface area contributed by atoms with Crippen LogP contribution in [0.15, 0.2) is 18.2 Å². The van der Waals surface area contributed by atoms with E-state index in [1.54, 1.807) is 7.11 Å². The molecule has 0 fully saturated rings. The van der Waals surface area contributed by atoms with Crippen LogP contribution in [0.2, 0.25) is 0 Å². The minimum atomic E-state index is -0.153. The first-order valence-corrected chi connectivity index (χ1v) is 5.36. The fourth-order valence-electron chi connectivity index (χ4n) is 1.52. The summed E-state index contributed by atoms with van der Waals surface area (Å²) in [5.74, 6) is 1.46. The normalized spacial score (nSPS) is 12.2. The van der Waals surface area contributed by atoms with Crippen LogP contribution in [0.25, 0.3) is 0 Å². The number of hydrogen-bond acceptors (Lipinski definition) is 4. The predicted molar refractivity (Wildman–Crippen MR) is 62.8 cm³/mol. The van der Waals surface area contributed by atoms with Gasteiger partial charge in [0, 0.05) is 19.1 Å². The zero-order valence-corrected chi connectivity index (χ0v) is 9.77. The maximum Gasteiger partial charge on any atom is 0.127 e. The molecule has 0 aliphatic rings. The lowest BCUT2D eigenvalue weighted by atomic mass is 10.1. The Morgan fingerprint density at radius 1 is 1.38 bits per heavy atom. The molecule has 0 saturated heterocycles. The summed E-state index contributed by atoms with van der Waals surface area (Å²) in [4.78, 5) is 0. The third-order valence-corrected chi connectivity index (χ3v) is 2.26. The number of hydrogen-bond donors (Lipinski definition) is 2. The standard InChI is InChI=1S/C12H19NO3/c1-9(13)12-10(15-2)5-3-6-11(12)16-8-4-7-14/h3,5-6,9,14H,4,7-8,13H2,1-2H3/t9-/m0/s1. The Labute approximate surface area is 96.0 Å². The van der Waals surface area contributed by atoms with Crippen molar-refractivity contribution in [3.05, 3.63) is 23.8 Å². The number of aliphatic hydroxyl groups excluding tert-OH is 1. The van der Waals surface area contributed by atoms with Gasteiger partial charge in [-0.1, -0.05) is 6.07 Å². The predicted octanol–water partition coefficient (Wildman–Crippen LogP) is 1.48. The summed E-state index contributed by atoms with van der Waals surface area (Å²) in [6.45, 7) is 2.48. The summed E-state index contributed by atoms with van der Waals surface area (Å²) >= 11 is 0. The third-order valence-electron chi connectivity index (χ3n) is 2.26. The molecule has 90 valence electrons. The van der Waals surface area contributed by atoms with Crippen LogP contribution >= 0.6 is 0 Å². The van der Waals surface area contributed by atoms with Crippen LogP contribution in [0.1, 0.15) is 24.9 Å². The number of methoxy groups -OCH3 is 1. The Bertz CT molecular complexity index is 326. The summed E-state index contributed by atoms with van der Waals surface area (Å²) in [7, 11) is 1.61. The Hall–Kier alpha value is -1.26. The molecule has 1 aromatic rings. The second kappa shape index (κ2) is 6.35.